The zero-order valence-corrected chi connectivity index (χ0v) is 15.5. The third kappa shape index (κ3) is 5.45. The lowest BCUT2D eigenvalue weighted by atomic mass is 9.97. The maximum atomic E-state index is 13.5. The topological polar surface area (TPSA) is 75.7 Å². The van der Waals surface area contributed by atoms with E-state index in [1.54, 1.807) is 6.92 Å². The second-order valence-electron chi connectivity index (χ2n) is 6.56. The Balaban J connectivity index is 3.02. The zero-order chi connectivity index (χ0) is 18.5. The highest BCUT2D eigenvalue weighted by Gasteiger charge is 2.29. The summed E-state index contributed by atoms with van der Waals surface area (Å²) >= 11 is 0. The summed E-state index contributed by atoms with van der Waals surface area (Å²) in [6, 6.07) is 3.25. The van der Waals surface area contributed by atoms with Crippen LogP contribution >= 0.6 is 0 Å². The van der Waals surface area contributed by atoms with E-state index in [2.05, 4.69) is 5.32 Å². The Kier molecular flexibility index (Phi) is 6.74. The van der Waals surface area contributed by atoms with Crippen LogP contribution in [-0.4, -0.2) is 45.4 Å². The fraction of sp³-hybridized carbons (Fsp3) is 0.562. The van der Waals surface area contributed by atoms with Gasteiger partial charge < -0.3 is 10.1 Å². The monoisotopic (exact) mass is 360 g/mol. The van der Waals surface area contributed by atoms with Gasteiger partial charge in [0.15, 0.2) is 0 Å². The number of carbonyl (C=O) groups excluding carboxylic acids is 1. The van der Waals surface area contributed by atoms with E-state index >= 15 is 0 Å². The molecule has 0 fully saturated rings. The largest absolute Gasteiger partial charge is 0.495 e. The van der Waals surface area contributed by atoms with Crippen LogP contribution in [0.5, 0.6) is 5.75 Å². The van der Waals surface area contributed by atoms with Crippen LogP contribution in [0.1, 0.15) is 27.7 Å². The van der Waals surface area contributed by atoms with Gasteiger partial charge in [-0.05, 0) is 23.6 Å². The summed E-state index contributed by atoms with van der Waals surface area (Å²) in [7, 11) is -2.75. The van der Waals surface area contributed by atoms with Crippen LogP contribution in [0.15, 0.2) is 23.1 Å². The van der Waals surface area contributed by atoms with Crippen LogP contribution in [0, 0.1) is 11.2 Å². The lowest BCUT2D eigenvalue weighted by Crippen LogP contribution is -2.42. The predicted molar refractivity (Wildman–Crippen MR) is 89.8 cm³/mol. The maximum Gasteiger partial charge on any atom is 0.247 e. The fourth-order valence-electron chi connectivity index (χ4n) is 1.94. The number of methoxy groups -OCH3 is 1. The van der Waals surface area contributed by atoms with Crippen molar-refractivity contribution in [1.82, 2.24) is 9.62 Å². The lowest BCUT2D eigenvalue weighted by molar-refractivity contribution is -0.121. The third-order valence-corrected chi connectivity index (χ3v) is 5.17. The molecule has 136 valence electrons. The molecule has 0 aliphatic carbocycles. The van der Waals surface area contributed by atoms with Crippen molar-refractivity contribution < 1.29 is 22.3 Å². The Morgan fingerprint density at radius 1 is 1.33 bits per heavy atom. The van der Waals surface area contributed by atoms with Crippen molar-refractivity contribution in [3.05, 3.63) is 24.0 Å². The molecule has 1 N–H and O–H groups in total. The van der Waals surface area contributed by atoms with Gasteiger partial charge in [-0.1, -0.05) is 27.7 Å². The molecule has 6 nitrogen and oxygen atoms in total. The number of rotatable bonds is 7. The summed E-state index contributed by atoms with van der Waals surface area (Å²) in [5, 5.41) is 2.70. The van der Waals surface area contributed by atoms with Gasteiger partial charge >= 0.3 is 0 Å². The molecule has 1 rings (SSSR count). The second kappa shape index (κ2) is 7.94. The first kappa shape index (κ1) is 20.4. The molecule has 24 heavy (non-hydrogen) atoms. The van der Waals surface area contributed by atoms with Gasteiger partial charge in [-0.3, -0.25) is 4.79 Å². The van der Waals surface area contributed by atoms with E-state index in [1.807, 2.05) is 20.8 Å². The Bertz CT molecular complexity index is 684. The molecule has 0 atom stereocenters. The highest BCUT2D eigenvalue weighted by molar-refractivity contribution is 7.89. The van der Waals surface area contributed by atoms with Crippen molar-refractivity contribution >= 4 is 15.9 Å². The number of hydrogen-bond donors (Lipinski definition) is 1. The molecule has 8 heteroatoms. The molecular weight excluding hydrogens is 335 g/mol. The van der Waals surface area contributed by atoms with E-state index < -0.39 is 21.7 Å². The molecule has 1 aromatic carbocycles. The molecule has 1 aromatic rings. The summed E-state index contributed by atoms with van der Waals surface area (Å²) in [4.78, 5) is 11.7. The van der Waals surface area contributed by atoms with Crippen molar-refractivity contribution in [1.29, 1.82) is 0 Å². The molecule has 0 saturated carbocycles. The van der Waals surface area contributed by atoms with Crippen molar-refractivity contribution in [3.63, 3.8) is 0 Å². The molecule has 0 radical (unpaired) electrons. The quantitative estimate of drug-likeness (QED) is 0.807. The minimum absolute atomic E-state index is 0.0324. The van der Waals surface area contributed by atoms with Crippen LogP contribution < -0.4 is 10.1 Å². The van der Waals surface area contributed by atoms with Gasteiger partial charge in [-0.2, -0.15) is 4.31 Å². The Morgan fingerprint density at radius 2 is 1.96 bits per heavy atom. The lowest BCUT2D eigenvalue weighted by Gasteiger charge is -2.23. The number of halogens is 1. The minimum atomic E-state index is -4.06. The Morgan fingerprint density at radius 3 is 2.46 bits per heavy atom. The molecule has 1 amide bonds. The van der Waals surface area contributed by atoms with Gasteiger partial charge in [0.2, 0.25) is 15.9 Å². The van der Waals surface area contributed by atoms with E-state index in [-0.39, 0.29) is 29.1 Å². The summed E-state index contributed by atoms with van der Waals surface area (Å²) in [6.07, 6.45) is 0. The zero-order valence-electron chi connectivity index (χ0n) is 14.7. The number of hydrogen-bond acceptors (Lipinski definition) is 4. The number of ether oxygens (including phenoxy) is 1. The number of sulfonamides is 1. The summed E-state index contributed by atoms with van der Waals surface area (Å²) in [5.74, 6) is -1.07. The maximum absolute atomic E-state index is 13.5. The van der Waals surface area contributed by atoms with Crippen molar-refractivity contribution in [3.8, 4) is 5.75 Å². The van der Waals surface area contributed by atoms with Crippen LogP contribution in [0.3, 0.4) is 0 Å². The van der Waals surface area contributed by atoms with Crippen LogP contribution in [0.2, 0.25) is 0 Å². The molecule has 0 aliphatic heterocycles. The normalized spacial score (nSPS) is 12.3. The van der Waals surface area contributed by atoms with E-state index in [4.69, 9.17) is 4.74 Å². The number of likely N-dealkylation sites (N-methyl/N-ethyl adjacent to an activating group) is 1. The number of nitrogens with zero attached hydrogens (tertiary/aromatic N) is 1. The van der Waals surface area contributed by atoms with Crippen molar-refractivity contribution in [2.45, 2.75) is 32.6 Å². The third-order valence-electron chi connectivity index (χ3n) is 3.23. The summed E-state index contributed by atoms with van der Waals surface area (Å²) in [5.41, 5.74) is -0.114. The van der Waals surface area contributed by atoms with Gasteiger partial charge in [0.05, 0.1) is 13.7 Å². The number of amides is 1. The van der Waals surface area contributed by atoms with Gasteiger partial charge in [-0.15, -0.1) is 0 Å². The smallest absolute Gasteiger partial charge is 0.247 e. The minimum Gasteiger partial charge on any atom is -0.495 e. The first-order valence-corrected chi connectivity index (χ1v) is 9.05. The molecule has 0 unspecified atom stereocenters. The Labute approximate surface area is 143 Å². The SMILES string of the molecule is CCN(CC(=O)NCC(C)(C)C)S(=O)(=O)c1cc(F)ccc1OC. The standard InChI is InChI=1S/C16H25FN2O4S/c1-6-19(10-15(20)18-11-16(2,3)4)24(21,22)14-9-12(17)7-8-13(14)23-5/h7-9H,6,10-11H2,1-5H3,(H,18,20). The van der Waals surface area contributed by atoms with Crippen LogP contribution in [0.4, 0.5) is 4.39 Å². The second-order valence-corrected chi connectivity index (χ2v) is 8.47. The molecule has 0 heterocycles. The molecular formula is C16H25FN2O4S. The first-order valence-electron chi connectivity index (χ1n) is 7.61. The number of benzene rings is 1. The van der Waals surface area contributed by atoms with Gasteiger partial charge in [0.25, 0.3) is 0 Å². The molecule has 0 saturated heterocycles. The summed E-state index contributed by atoms with van der Waals surface area (Å²) < 4.78 is 44.9. The first-order chi connectivity index (χ1) is 11.0. The van der Waals surface area contributed by atoms with Gasteiger partial charge in [-0.25, -0.2) is 12.8 Å². The van der Waals surface area contributed by atoms with Crippen LogP contribution in [0.25, 0.3) is 0 Å². The average Bonchev–Trinajstić information content (AvgIpc) is 2.49. The Hall–Kier alpha value is -1.67. The van der Waals surface area contributed by atoms with E-state index in [0.717, 1.165) is 16.4 Å². The molecule has 0 bridgehead atoms. The van der Waals surface area contributed by atoms with Gasteiger partial charge in [0, 0.05) is 13.1 Å². The number of carbonyl (C=O) groups is 1. The average molecular weight is 360 g/mol. The molecule has 0 aliphatic rings. The molecule has 0 spiro atoms. The van der Waals surface area contributed by atoms with E-state index in [1.165, 1.54) is 13.2 Å². The number of nitrogens with one attached hydrogen (secondary N) is 1. The highest BCUT2D eigenvalue weighted by atomic mass is 32.2. The predicted octanol–water partition coefficient (Wildman–Crippen LogP) is 2.01. The van der Waals surface area contributed by atoms with Crippen molar-refractivity contribution in [2.24, 2.45) is 5.41 Å². The van der Waals surface area contributed by atoms with Crippen LogP contribution in [-0.2, 0) is 14.8 Å². The molecule has 0 aromatic heterocycles. The fourth-order valence-corrected chi connectivity index (χ4v) is 3.51. The van der Waals surface area contributed by atoms with Gasteiger partial charge in [0.1, 0.15) is 16.5 Å². The van der Waals surface area contributed by atoms with E-state index in [9.17, 15) is 17.6 Å². The van der Waals surface area contributed by atoms with Crippen molar-refractivity contribution in [2.75, 3.05) is 26.7 Å². The highest BCUT2D eigenvalue weighted by Crippen LogP contribution is 2.27. The summed E-state index contributed by atoms with van der Waals surface area (Å²) in [6.45, 7) is 7.64. The van der Waals surface area contributed by atoms with E-state index in [0.29, 0.717) is 6.54 Å².